The number of nitrogens with one attached hydrogen (secondary N) is 2. The number of aliphatic carboxylic acids is 2. The zero-order valence-electron chi connectivity index (χ0n) is 13.9. The number of carboxylic acids is 2. The average Bonchev–Trinajstić information content (AvgIpc) is 2.30. The van der Waals surface area contributed by atoms with Crippen molar-refractivity contribution >= 4 is 11.9 Å². The van der Waals surface area contributed by atoms with E-state index in [0.717, 1.165) is 0 Å². The first-order chi connectivity index (χ1) is 9.48. The van der Waals surface area contributed by atoms with Gasteiger partial charge in [0.05, 0.1) is 0 Å². The molecule has 2 unspecified atom stereocenters. The minimum absolute atomic E-state index is 0.000929. The Bertz CT molecular complexity index is 354. The second kappa shape index (κ2) is 8.34. The van der Waals surface area contributed by atoms with E-state index in [1.54, 1.807) is 0 Å². The lowest BCUT2D eigenvalue weighted by atomic mass is 9.95. The van der Waals surface area contributed by atoms with Crippen LogP contribution in [0.5, 0.6) is 0 Å². The summed E-state index contributed by atoms with van der Waals surface area (Å²) in [5, 5.41) is 24.5. The number of hydrogen-bond donors (Lipinski definition) is 4. The third kappa shape index (κ3) is 7.43. The monoisotopic (exact) mass is 302 g/mol. The molecule has 0 aromatic heterocycles. The second-order valence-corrected chi connectivity index (χ2v) is 6.85. The molecule has 0 rings (SSSR count). The summed E-state index contributed by atoms with van der Waals surface area (Å²) in [4.78, 5) is 22.3. The van der Waals surface area contributed by atoms with Crippen molar-refractivity contribution in [3.8, 4) is 0 Å². The summed E-state index contributed by atoms with van der Waals surface area (Å²) >= 11 is 0. The van der Waals surface area contributed by atoms with Gasteiger partial charge >= 0.3 is 11.9 Å². The van der Waals surface area contributed by atoms with Gasteiger partial charge in [0.25, 0.3) is 0 Å². The van der Waals surface area contributed by atoms with Gasteiger partial charge in [-0.2, -0.15) is 0 Å². The number of carbonyl (C=O) groups is 2. The molecule has 0 heterocycles. The Morgan fingerprint density at radius 1 is 0.952 bits per heavy atom. The van der Waals surface area contributed by atoms with Crippen LogP contribution in [0.3, 0.4) is 0 Å². The van der Waals surface area contributed by atoms with Crippen LogP contribution < -0.4 is 10.6 Å². The number of rotatable bonds is 10. The molecule has 2 atom stereocenters. The van der Waals surface area contributed by atoms with Crippen molar-refractivity contribution in [1.82, 2.24) is 10.6 Å². The third-order valence-electron chi connectivity index (χ3n) is 3.53. The van der Waals surface area contributed by atoms with Gasteiger partial charge in [-0.15, -0.1) is 0 Å². The molecule has 0 aliphatic heterocycles. The summed E-state index contributed by atoms with van der Waals surface area (Å²) in [5.74, 6) is -1.74. The largest absolute Gasteiger partial charge is 0.480 e. The highest BCUT2D eigenvalue weighted by atomic mass is 16.4. The molecule has 0 saturated heterocycles. The van der Waals surface area contributed by atoms with Crippen LogP contribution in [0.15, 0.2) is 0 Å². The number of carboxylic acid groups (broad SMARTS) is 2. The molecule has 6 heteroatoms. The first-order valence-corrected chi connectivity index (χ1v) is 7.44. The summed E-state index contributed by atoms with van der Waals surface area (Å²) in [6.45, 7) is 11.8. The molecule has 0 saturated carbocycles. The van der Waals surface area contributed by atoms with Gasteiger partial charge in [0.1, 0.15) is 12.1 Å². The molecule has 124 valence electrons. The Labute approximate surface area is 127 Å². The molecule has 21 heavy (non-hydrogen) atoms. The minimum atomic E-state index is -0.864. The van der Waals surface area contributed by atoms with Crippen molar-refractivity contribution in [2.75, 3.05) is 6.54 Å². The molecule has 0 aliphatic carbocycles. The van der Waals surface area contributed by atoms with Crippen LogP contribution in [0, 0.1) is 11.8 Å². The highest BCUT2D eigenvalue weighted by Gasteiger charge is 2.29. The fourth-order valence-corrected chi connectivity index (χ4v) is 2.16. The summed E-state index contributed by atoms with van der Waals surface area (Å²) in [5.41, 5.74) is -0.389. The van der Waals surface area contributed by atoms with Crippen LogP contribution in [0.4, 0.5) is 0 Å². The Morgan fingerprint density at radius 3 is 1.71 bits per heavy atom. The SMILES string of the molecule is CC(C)C(NCCC(C)(C)NC(C(=O)O)C(C)C)C(=O)O. The van der Waals surface area contributed by atoms with Gasteiger partial charge in [0, 0.05) is 5.54 Å². The maximum atomic E-state index is 11.2. The molecule has 0 aromatic rings. The predicted molar refractivity (Wildman–Crippen MR) is 82.4 cm³/mol. The van der Waals surface area contributed by atoms with Crippen LogP contribution in [0.2, 0.25) is 0 Å². The zero-order valence-corrected chi connectivity index (χ0v) is 13.9. The van der Waals surface area contributed by atoms with Crippen molar-refractivity contribution in [2.24, 2.45) is 11.8 Å². The van der Waals surface area contributed by atoms with Crippen molar-refractivity contribution in [3.05, 3.63) is 0 Å². The minimum Gasteiger partial charge on any atom is -0.480 e. The van der Waals surface area contributed by atoms with Crippen LogP contribution in [-0.2, 0) is 9.59 Å². The van der Waals surface area contributed by atoms with E-state index in [1.165, 1.54) is 0 Å². The van der Waals surface area contributed by atoms with Gasteiger partial charge in [-0.1, -0.05) is 27.7 Å². The summed E-state index contributed by atoms with van der Waals surface area (Å²) in [7, 11) is 0. The lowest BCUT2D eigenvalue weighted by Crippen LogP contribution is -2.53. The first kappa shape index (κ1) is 19.9. The van der Waals surface area contributed by atoms with Gasteiger partial charge in [0.15, 0.2) is 0 Å². The smallest absolute Gasteiger partial charge is 0.320 e. The lowest BCUT2D eigenvalue weighted by Gasteiger charge is -2.32. The maximum absolute atomic E-state index is 11.2. The molecule has 0 aliphatic rings. The van der Waals surface area contributed by atoms with Gasteiger partial charge < -0.3 is 15.5 Å². The Hall–Kier alpha value is -1.14. The summed E-state index contributed by atoms with van der Waals surface area (Å²) in [6.07, 6.45) is 0.639. The molecule has 0 radical (unpaired) electrons. The first-order valence-electron chi connectivity index (χ1n) is 7.44. The molecular weight excluding hydrogens is 272 g/mol. The zero-order chi connectivity index (χ0) is 16.8. The van der Waals surface area contributed by atoms with Crippen LogP contribution >= 0.6 is 0 Å². The van der Waals surface area contributed by atoms with E-state index >= 15 is 0 Å². The average molecular weight is 302 g/mol. The molecular formula is C15H30N2O4. The van der Waals surface area contributed by atoms with Crippen LogP contribution in [0.25, 0.3) is 0 Å². The van der Waals surface area contributed by atoms with Crippen molar-refractivity contribution < 1.29 is 19.8 Å². The summed E-state index contributed by atoms with van der Waals surface area (Å²) < 4.78 is 0. The molecule has 0 amide bonds. The van der Waals surface area contributed by atoms with E-state index in [4.69, 9.17) is 5.11 Å². The second-order valence-electron chi connectivity index (χ2n) is 6.85. The van der Waals surface area contributed by atoms with Gasteiger partial charge in [-0.25, -0.2) is 0 Å². The van der Waals surface area contributed by atoms with E-state index in [-0.39, 0.29) is 17.4 Å². The van der Waals surface area contributed by atoms with Crippen LogP contribution in [-0.4, -0.2) is 46.3 Å². The fraction of sp³-hybridized carbons (Fsp3) is 0.867. The highest BCUT2D eigenvalue weighted by molar-refractivity contribution is 5.74. The molecule has 0 fully saturated rings. The third-order valence-corrected chi connectivity index (χ3v) is 3.53. The lowest BCUT2D eigenvalue weighted by molar-refractivity contribution is -0.141. The number of hydrogen-bond acceptors (Lipinski definition) is 4. The molecule has 0 bridgehead atoms. The van der Waals surface area contributed by atoms with Crippen molar-refractivity contribution in [2.45, 2.75) is 65.6 Å². The normalized spacial score (nSPS) is 15.2. The standard InChI is InChI=1S/C15H30N2O4/c1-9(2)11(13(18)19)16-8-7-15(5,6)17-12(10(3)4)14(20)21/h9-12,16-17H,7-8H2,1-6H3,(H,18,19)(H,20,21). The topological polar surface area (TPSA) is 98.7 Å². The molecule has 0 aromatic carbocycles. The molecule has 6 nitrogen and oxygen atoms in total. The molecule has 0 spiro atoms. The predicted octanol–water partition coefficient (Wildman–Crippen LogP) is 1.55. The van der Waals surface area contributed by atoms with E-state index in [2.05, 4.69) is 10.6 Å². The van der Waals surface area contributed by atoms with Gasteiger partial charge in [-0.3, -0.25) is 14.9 Å². The van der Waals surface area contributed by atoms with E-state index in [9.17, 15) is 14.7 Å². The van der Waals surface area contributed by atoms with E-state index in [1.807, 2.05) is 41.5 Å². The van der Waals surface area contributed by atoms with Crippen LogP contribution in [0.1, 0.15) is 48.0 Å². The summed E-state index contributed by atoms with van der Waals surface area (Å²) in [6, 6.07) is -1.19. The van der Waals surface area contributed by atoms with Crippen molar-refractivity contribution in [1.29, 1.82) is 0 Å². The van der Waals surface area contributed by atoms with Crippen molar-refractivity contribution in [3.63, 3.8) is 0 Å². The van der Waals surface area contributed by atoms with E-state index in [0.29, 0.717) is 13.0 Å². The quantitative estimate of drug-likeness (QED) is 0.489. The Balaban J connectivity index is 4.48. The Kier molecular flexibility index (Phi) is 7.89. The van der Waals surface area contributed by atoms with Gasteiger partial charge in [0.2, 0.25) is 0 Å². The highest BCUT2D eigenvalue weighted by Crippen LogP contribution is 2.13. The van der Waals surface area contributed by atoms with E-state index < -0.39 is 24.0 Å². The molecule has 4 N–H and O–H groups in total. The van der Waals surface area contributed by atoms with Gasteiger partial charge in [-0.05, 0) is 38.6 Å². The fourth-order valence-electron chi connectivity index (χ4n) is 2.16. The Morgan fingerprint density at radius 2 is 1.38 bits per heavy atom. The maximum Gasteiger partial charge on any atom is 0.320 e.